The van der Waals surface area contributed by atoms with Gasteiger partial charge in [-0.25, -0.2) is 4.68 Å². The molecule has 2 aromatic carbocycles. The normalized spacial score (nSPS) is 11.7. The largest absolute Gasteiger partial charge is 0.480 e. The molecule has 0 bridgehead atoms. The maximum Gasteiger partial charge on any atom is 0.268 e. The van der Waals surface area contributed by atoms with Gasteiger partial charge in [-0.3, -0.25) is 9.59 Å². The SMILES string of the molecule is COCC(=O)c1ccc(Cl)cc1-c1cc(=O)n(C(C=O)Cc2ccccc2)nc1OC. The van der Waals surface area contributed by atoms with Crippen LogP contribution in [-0.2, 0) is 16.0 Å². The van der Waals surface area contributed by atoms with Gasteiger partial charge in [0, 0.05) is 30.2 Å². The van der Waals surface area contributed by atoms with Crippen LogP contribution in [0.5, 0.6) is 5.88 Å². The van der Waals surface area contributed by atoms with Crippen molar-refractivity contribution in [1.82, 2.24) is 9.78 Å². The van der Waals surface area contributed by atoms with Crippen LogP contribution in [0.15, 0.2) is 59.4 Å². The Kier molecular flexibility index (Phi) is 7.33. The van der Waals surface area contributed by atoms with Crippen LogP contribution in [0.3, 0.4) is 0 Å². The molecule has 0 radical (unpaired) electrons. The van der Waals surface area contributed by atoms with Gasteiger partial charge in [0.1, 0.15) is 18.9 Å². The summed E-state index contributed by atoms with van der Waals surface area (Å²) in [6, 6.07) is 14.5. The summed E-state index contributed by atoms with van der Waals surface area (Å²) >= 11 is 6.14. The Morgan fingerprint density at radius 2 is 1.87 bits per heavy atom. The number of aromatic nitrogens is 2. The van der Waals surface area contributed by atoms with E-state index in [0.717, 1.165) is 10.2 Å². The van der Waals surface area contributed by atoms with Crippen LogP contribution in [0.4, 0.5) is 0 Å². The van der Waals surface area contributed by atoms with Crippen molar-refractivity contribution in [3.8, 4) is 17.0 Å². The fraction of sp³-hybridized carbons (Fsp3) is 0.217. The first-order chi connectivity index (χ1) is 15.0. The predicted molar refractivity (Wildman–Crippen MR) is 117 cm³/mol. The second-order valence-corrected chi connectivity index (χ2v) is 7.23. The molecule has 1 atom stereocenters. The summed E-state index contributed by atoms with van der Waals surface area (Å²) in [7, 11) is 2.82. The zero-order chi connectivity index (χ0) is 22.4. The highest BCUT2D eigenvalue weighted by Crippen LogP contribution is 2.32. The van der Waals surface area contributed by atoms with Gasteiger partial charge in [-0.05, 0) is 29.3 Å². The highest BCUT2D eigenvalue weighted by Gasteiger charge is 2.22. The molecule has 0 saturated heterocycles. The molecule has 0 fully saturated rings. The average Bonchev–Trinajstić information content (AvgIpc) is 2.78. The minimum absolute atomic E-state index is 0.0910. The minimum atomic E-state index is -0.813. The number of hydrogen-bond donors (Lipinski definition) is 0. The molecular weight excluding hydrogens is 420 g/mol. The summed E-state index contributed by atoms with van der Waals surface area (Å²) in [5, 5.41) is 4.66. The Hall–Kier alpha value is -3.29. The Morgan fingerprint density at radius 3 is 2.52 bits per heavy atom. The number of methoxy groups -OCH3 is 2. The molecule has 0 saturated carbocycles. The Labute approximate surface area is 184 Å². The van der Waals surface area contributed by atoms with E-state index in [0.29, 0.717) is 34.4 Å². The van der Waals surface area contributed by atoms with Crippen LogP contribution < -0.4 is 10.3 Å². The average molecular weight is 441 g/mol. The van der Waals surface area contributed by atoms with Gasteiger partial charge in [-0.15, -0.1) is 5.10 Å². The maximum absolute atomic E-state index is 12.9. The van der Waals surface area contributed by atoms with Gasteiger partial charge in [0.2, 0.25) is 5.88 Å². The summed E-state index contributed by atoms with van der Waals surface area (Å²) < 4.78 is 11.4. The maximum atomic E-state index is 12.9. The smallest absolute Gasteiger partial charge is 0.268 e. The number of hydrogen-bond acceptors (Lipinski definition) is 6. The van der Waals surface area contributed by atoms with Gasteiger partial charge in [0.25, 0.3) is 5.56 Å². The number of carbonyl (C=O) groups is 2. The van der Waals surface area contributed by atoms with Crippen molar-refractivity contribution in [2.75, 3.05) is 20.8 Å². The number of rotatable bonds is 9. The van der Waals surface area contributed by atoms with Crippen LogP contribution in [0.25, 0.3) is 11.1 Å². The van der Waals surface area contributed by atoms with Gasteiger partial charge in [0.05, 0.1) is 12.7 Å². The highest BCUT2D eigenvalue weighted by atomic mass is 35.5. The van der Waals surface area contributed by atoms with Gasteiger partial charge in [0.15, 0.2) is 5.78 Å². The Balaban J connectivity index is 2.10. The first-order valence-corrected chi connectivity index (χ1v) is 9.85. The summed E-state index contributed by atoms with van der Waals surface area (Å²) in [5.74, 6) is -0.191. The first kappa shape index (κ1) is 22.4. The second-order valence-electron chi connectivity index (χ2n) is 6.79. The standard InChI is InChI=1S/C23H21ClN2O5/c1-30-14-21(28)18-9-8-16(24)11-19(18)20-12-22(29)26(25-23(20)31-2)17(13-27)10-15-6-4-3-5-7-15/h3-9,11-13,17H,10,14H2,1-2H3. The van der Waals surface area contributed by atoms with Crippen LogP contribution in [-0.4, -0.2) is 42.7 Å². The Bertz CT molecular complexity index is 1140. The number of aldehydes is 1. The molecule has 3 rings (SSSR count). The lowest BCUT2D eigenvalue weighted by Crippen LogP contribution is -2.29. The molecule has 8 heteroatoms. The fourth-order valence-electron chi connectivity index (χ4n) is 3.27. The van der Waals surface area contributed by atoms with Crippen molar-refractivity contribution in [1.29, 1.82) is 0 Å². The lowest BCUT2D eigenvalue weighted by atomic mass is 9.98. The van der Waals surface area contributed by atoms with E-state index in [1.165, 1.54) is 20.3 Å². The number of benzene rings is 2. The summed E-state index contributed by atoms with van der Waals surface area (Å²) in [4.78, 5) is 37.2. The number of nitrogens with zero attached hydrogens (tertiary/aromatic N) is 2. The molecule has 3 aromatic rings. The van der Waals surface area contributed by atoms with Gasteiger partial charge >= 0.3 is 0 Å². The van der Waals surface area contributed by atoms with E-state index in [1.807, 2.05) is 30.3 Å². The highest BCUT2D eigenvalue weighted by molar-refractivity contribution is 6.31. The van der Waals surface area contributed by atoms with Crippen molar-refractivity contribution in [3.05, 3.63) is 81.1 Å². The second kappa shape index (κ2) is 10.1. The monoisotopic (exact) mass is 440 g/mol. The van der Waals surface area contributed by atoms with Crippen LogP contribution in [0, 0.1) is 0 Å². The molecule has 0 aliphatic rings. The van der Waals surface area contributed by atoms with Gasteiger partial charge in [-0.1, -0.05) is 41.9 Å². The molecule has 1 heterocycles. The zero-order valence-electron chi connectivity index (χ0n) is 17.1. The fourth-order valence-corrected chi connectivity index (χ4v) is 3.44. The van der Waals surface area contributed by atoms with Crippen LogP contribution >= 0.6 is 11.6 Å². The molecule has 0 N–H and O–H groups in total. The third-order valence-electron chi connectivity index (χ3n) is 4.72. The van der Waals surface area contributed by atoms with Crippen molar-refractivity contribution >= 4 is 23.7 Å². The summed E-state index contributed by atoms with van der Waals surface area (Å²) in [6.07, 6.45) is 0.974. The van der Waals surface area contributed by atoms with Crippen molar-refractivity contribution in [2.45, 2.75) is 12.5 Å². The third kappa shape index (κ3) is 5.07. The molecule has 0 spiro atoms. The molecule has 7 nitrogen and oxygen atoms in total. The lowest BCUT2D eigenvalue weighted by molar-refractivity contribution is -0.110. The van der Waals surface area contributed by atoms with E-state index in [1.54, 1.807) is 18.2 Å². The predicted octanol–water partition coefficient (Wildman–Crippen LogP) is 3.38. The van der Waals surface area contributed by atoms with Crippen molar-refractivity contribution in [3.63, 3.8) is 0 Å². The lowest BCUT2D eigenvalue weighted by Gasteiger charge is -2.17. The molecule has 31 heavy (non-hydrogen) atoms. The van der Waals surface area contributed by atoms with Crippen molar-refractivity contribution in [2.24, 2.45) is 0 Å². The topological polar surface area (TPSA) is 87.5 Å². The number of Topliss-reactive ketones (excluding diaryl/α,β-unsaturated/α-hetero) is 1. The molecular formula is C23H21ClN2O5. The Morgan fingerprint density at radius 1 is 1.13 bits per heavy atom. The van der Waals surface area contributed by atoms with Gasteiger partial charge in [-0.2, -0.15) is 0 Å². The van der Waals surface area contributed by atoms with E-state index in [2.05, 4.69) is 5.10 Å². The molecule has 0 aliphatic carbocycles. The third-order valence-corrected chi connectivity index (χ3v) is 4.96. The summed E-state index contributed by atoms with van der Waals surface area (Å²) in [6.45, 7) is -0.133. The molecule has 0 amide bonds. The van der Waals surface area contributed by atoms with Crippen molar-refractivity contribution < 1.29 is 19.1 Å². The first-order valence-electron chi connectivity index (χ1n) is 9.47. The molecule has 1 unspecified atom stereocenters. The van der Waals surface area contributed by atoms with E-state index in [-0.39, 0.29) is 18.3 Å². The zero-order valence-corrected chi connectivity index (χ0v) is 17.8. The number of carbonyl (C=O) groups excluding carboxylic acids is 2. The van der Waals surface area contributed by atoms with E-state index >= 15 is 0 Å². The van der Waals surface area contributed by atoms with Crippen LogP contribution in [0.2, 0.25) is 5.02 Å². The quantitative estimate of drug-likeness (QED) is 0.374. The van der Waals surface area contributed by atoms with E-state index in [4.69, 9.17) is 21.1 Å². The van der Waals surface area contributed by atoms with E-state index < -0.39 is 11.6 Å². The van der Waals surface area contributed by atoms with Crippen LogP contribution in [0.1, 0.15) is 22.0 Å². The summed E-state index contributed by atoms with van der Waals surface area (Å²) in [5.41, 5.74) is 1.40. The number of ether oxygens (including phenoxy) is 2. The molecule has 160 valence electrons. The molecule has 1 aromatic heterocycles. The minimum Gasteiger partial charge on any atom is -0.480 e. The van der Waals surface area contributed by atoms with E-state index in [9.17, 15) is 14.4 Å². The molecule has 0 aliphatic heterocycles. The number of ketones is 1. The number of halogens is 1. The van der Waals surface area contributed by atoms with Gasteiger partial charge < -0.3 is 14.3 Å².